The van der Waals surface area contributed by atoms with Crippen LogP contribution in [0.2, 0.25) is 5.02 Å². The topological polar surface area (TPSA) is 93.4 Å². The van der Waals surface area contributed by atoms with Crippen LogP contribution in [0, 0.1) is 6.92 Å². The number of benzene rings is 1. The molecule has 0 unspecified atom stereocenters. The molecule has 1 aromatic carbocycles. The average Bonchev–Trinajstić information content (AvgIpc) is 2.29. The first kappa shape index (κ1) is 14.4. The van der Waals surface area contributed by atoms with Crippen molar-refractivity contribution >= 4 is 29.1 Å². The van der Waals surface area contributed by atoms with E-state index >= 15 is 0 Å². The fraction of sp³-hybridized carbons (Fsp3) is 0.273. The number of rotatable bonds is 6. The van der Waals surface area contributed by atoms with E-state index < -0.39 is 5.91 Å². The van der Waals surface area contributed by atoms with Gasteiger partial charge in [0.2, 0.25) is 11.8 Å². The number of amides is 2. The molecule has 0 aliphatic carbocycles. The van der Waals surface area contributed by atoms with Crippen molar-refractivity contribution in [3.8, 4) is 0 Å². The first-order valence-corrected chi connectivity index (χ1v) is 5.56. The first-order chi connectivity index (χ1) is 8.49. The largest absolute Gasteiger partial charge is 0.368 e. The Labute approximate surface area is 109 Å². The van der Waals surface area contributed by atoms with Crippen molar-refractivity contribution < 1.29 is 14.4 Å². The summed E-state index contributed by atoms with van der Waals surface area (Å²) in [5.41, 5.74) is 8.70. The maximum absolute atomic E-state index is 11.5. The highest BCUT2D eigenvalue weighted by molar-refractivity contribution is 6.31. The Bertz CT molecular complexity index is 451. The van der Waals surface area contributed by atoms with Gasteiger partial charge in [-0.1, -0.05) is 17.7 Å². The van der Waals surface area contributed by atoms with Gasteiger partial charge in [0.05, 0.1) is 0 Å². The molecule has 18 heavy (non-hydrogen) atoms. The Hall–Kier alpha value is -1.63. The number of halogens is 1. The number of hydroxylamine groups is 1. The van der Waals surface area contributed by atoms with Crippen LogP contribution in [0.1, 0.15) is 5.56 Å². The summed E-state index contributed by atoms with van der Waals surface area (Å²) in [5, 5.41) is 3.19. The van der Waals surface area contributed by atoms with Gasteiger partial charge in [-0.25, -0.2) is 0 Å². The lowest BCUT2D eigenvalue weighted by molar-refractivity contribution is -0.127. The Morgan fingerprint density at radius 3 is 2.83 bits per heavy atom. The van der Waals surface area contributed by atoms with Gasteiger partial charge in [0, 0.05) is 10.7 Å². The highest BCUT2D eigenvalue weighted by Crippen LogP contribution is 2.19. The second-order valence-electron chi connectivity index (χ2n) is 3.58. The normalized spacial score (nSPS) is 10.1. The van der Waals surface area contributed by atoms with Crippen molar-refractivity contribution in [1.82, 2.24) is 5.48 Å². The lowest BCUT2D eigenvalue weighted by Gasteiger charge is -2.09. The summed E-state index contributed by atoms with van der Waals surface area (Å²) >= 11 is 5.82. The quantitative estimate of drug-likeness (QED) is 0.521. The van der Waals surface area contributed by atoms with Gasteiger partial charge < -0.3 is 11.1 Å². The molecule has 1 rings (SSSR count). The number of primary amides is 1. The molecule has 0 saturated heterocycles. The molecule has 0 spiro atoms. The number of nitrogens with two attached hydrogens (primary N) is 1. The van der Waals surface area contributed by atoms with E-state index in [4.69, 9.17) is 17.3 Å². The van der Waals surface area contributed by atoms with E-state index in [1.165, 1.54) is 0 Å². The Morgan fingerprint density at radius 2 is 2.17 bits per heavy atom. The third-order valence-corrected chi connectivity index (χ3v) is 2.26. The van der Waals surface area contributed by atoms with Crippen molar-refractivity contribution in [3.05, 3.63) is 28.8 Å². The molecular weight excluding hydrogens is 258 g/mol. The number of carbonyl (C=O) groups excluding carboxylic acids is 2. The minimum Gasteiger partial charge on any atom is -0.368 e. The molecule has 0 aliphatic heterocycles. The van der Waals surface area contributed by atoms with Gasteiger partial charge in [0.25, 0.3) is 0 Å². The third-order valence-electron chi connectivity index (χ3n) is 2.02. The second kappa shape index (κ2) is 6.95. The monoisotopic (exact) mass is 271 g/mol. The summed E-state index contributed by atoms with van der Waals surface area (Å²) in [6.45, 7) is 1.46. The number of anilines is 1. The summed E-state index contributed by atoms with van der Waals surface area (Å²) in [6.07, 6.45) is 0. The summed E-state index contributed by atoms with van der Waals surface area (Å²) < 4.78 is 0. The fourth-order valence-corrected chi connectivity index (χ4v) is 1.33. The Balaban J connectivity index is 2.40. The molecule has 2 amide bonds. The van der Waals surface area contributed by atoms with E-state index in [2.05, 4.69) is 15.6 Å². The molecule has 4 N–H and O–H groups in total. The maximum Gasteiger partial charge on any atom is 0.245 e. The zero-order valence-electron chi connectivity index (χ0n) is 9.83. The van der Waals surface area contributed by atoms with E-state index in [0.717, 1.165) is 5.56 Å². The van der Waals surface area contributed by atoms with Gasteiger partial charge in [0.15, 0.2) is 0 Å². The zero-order valence-corrected chi connectivity index (χ0v) is 10.6. The maximum atomic E-state index is 11.5. The number of hydrogen-bond acceptors (Lipinski definition) is 4. The van der Waals surface area contributed by atoms with Gasteiger partial charge in [-0.05, 0) is 24.6 Å². The molecule has 0 atom stereocenters. The molecule has 0 aliphatic rings. The molecule has 7 heteroatoms. The second-order valence-corrected chi connectivity index (χ2v) is 4.02. The minimum atomic E-state index is -0.617. The van der Waals surface area contributed by atoms with Crippen LogP contribution in [0.15, 0.2) is 18.2 Å². The molecule has 6 nitrogen and oxygen atoms in total. The van der Waals surface area contributed by atoms with Gasteiger partial charge >= 0.3 is 0 Å². The van der Waals surface area contributed by atoms with E-state index in [1.807, 2.05) is 6.92 Å². The van der Waals surface area contributed by atoms with Crippen molar-refractivity contribution in [1.29, 1.82) is 0 Å². The zero-order chi connectivity index (χ0) is 13.5. The summed E-state index contributed by atoms with van der Waals surface area (Å²) in [6, 6.07) is 5.19. The average molecular weight is 272 g/mol. The SMILES string of the molecule is Cc1ccc(Cl)cc1NC(=O)CNOCC(N)=O. The van der Waals surface area contributed by atoms with Gasteiger partial charge in [0.1, 0.15) is 13.2 Å². The minimum absolute atomic E-state index is 0.0980. The van der Waals surface area contributed by atoms with Crippen LogP contribution in [0.25, 0.3) is 0 Å². The molecular formula is C11H14ClN3O3. The predicted molar refractivity (Wildman–Crippen MR) is 68.0 cm³/mol. The van der Waals surface area contributed by atoms with E-state index in [9.17, 15) is 9.59 Å². The van der Waals surface area contributed by atoms with Gasteiger partial charge in [-0.2, -0.15) is 5.48 Å². The Morgan fingerprint density at radius 1 is 1.44 bits per heavy atom. The summed E-state index contributed by atoms with van der Waals surface area (Å²) in [5.74, 6) is -0.932. The van der Waals surface area contributed by atoms with Crippen LogP contribution in [0.3, 0.4) is 0 Å². The highest BCUT2D eigenvalue weighted by atomic mass is 35.5. The third kappa shape index (κ3) is 5.13. The molecule has 0 saturated carbocycles. The van der Waals surface area contributed by atoms with Crippen molar-refractivity contribution in [2.24, 2.45) is 5.73 Å². The summed E-state index contributed by atoms with van der Waals surface area (Å²) in [4.78, 5) is 26.5. The smallest absolute Gasteiger partial charge is 0.245 e. The number of aryl methyl sites for hydroxylation is 1. The summed E-state index contributed by atoms with van der Waals surface area (Å²) in [7, 11) is 0. The standard InChI is InChI=1S/C11H14ClN3O3/c1-7-2-3-8(12)4-9(7)15-11(17)5-14-18-6-10(13)16/h2-4,14H,5-6H2,1H3,(H2,13,16)(H,15,17). The molecule has 98 valence electrons. The molecule has 0 aromatic heterocycles. The highest BCUT2D eigenvalue weighted by Gasteiger charge is 2.05. The molecule has 0 heterocycles. The number of carbonyl (C=O) groups is 2. The molecule has 0 fully saturated rings. The lowest BCUT2D eigenvalue weighted by Crippen LogP contribution is -2.31. The fourth-order valence-electron chi connectivity index (χ4n) is 1.16. The number of nitrogens with one attached hydrogen (secondary N) is 2. The van der Waals surface area contributed by atoms with Crippen molar-refractivity contribution in [3.63, 3.8) is 0 Å². The predicted octanol–water partition coefficient (Wildman–Crippen LogP) is 0.593. The van der Waals surface area contributed by atoms with Gasteiger partial charge in [-0.3, -0.25) is 14.4 Å². The van der Waals surface area contributed by atoms with Crippen molar-refractivity contribution in [2.75, 3.05) is 18.5 Å². The van der Waals surface area contributed by atoms with Crippen LogP contribution in [-0.2, 0) is 14.4 Å². The first-order valence-electron chi connectivity index (χ1n) is 5.18. The van der Waals surface area contributed by atoms with Crippen LogP contribution >= 0.6 is 11.6 Å². The van der Waals surface area contributed by atoms with E-state index in [1.54, 1.807) is 18.2 Å². The van der Waals surface area contributed by atoms with Crippen LogP contribution < -0.4 is 16.5 Å². The van der Waals surface area contributed by atoms with E-state index in [-0.39, 0.29) is 19.1 Å². The molecule has 0 radical (unpaired) electrons. The molecule has 0 bridgehead atoms. The van der Waals surface area contributed by atoms with E-state index in [0.29, 0.717) is 10.7 Å². The van der Waals surface area contributed by atoms with Crippen LogP contribution in [0.4, 0.5) is 5.69 Å². The lowest BCUT2D eigenvalue weighted by atomic mass is 10.2. The van der Waals surface area contributed by atoms with Gasteiger partial charge in [-0.15, -0.1) is 0 Å². The van der Waals surface area contributed by atoms with Crippen LogP contribution in [0.5, 0.6) is 0 Å². The molecule has 1 aromatic rings. The number of hydrogen-bond donors (Lipinski definition) is 3. The van der Waals surface area contributed by atoms with Crippen molar-refractivity contribution in [2.45, 2.75) is 6.92 Å². The van der Waals surface area contributed by atoms with Crippen LogP contribution in [-0.4, -0.2) is 25.0 Å². The Kier molecular flexibility index (Phi) is 5.57.